The molecule has 36 heavy (non-hydrogen) atoms. The molecular weight excluding hydrogens is 472 g/mol. The number of benzene rings is 1. The predicted octanol–water partition coefficient (Wildman–Crippen LogP) is 1.81. The first-order valence-corrected chi connectivity index (χ1v) is 12.0. The zero-order valence-corrected chi connectivity index (χ0v) is 19.7. The maximum atomic E-state index is 13.7. The van der Waals surface area contributed by atoms with Gasteiger partial charge in [-0.2, -0.15) is 0 Å². The molecule has 9 nitrogen and oxygen atoms in total. The number of alkyl halides is 2. The summed E-state index contributed by atoms with van der Waals surface area (Å²) in [6, 6.07) is 4.32. The predicted molar refractivity (Wildman–Crippen MR) is 131 cm³/mol. The number of amides is 1. The van der Waals surface area contributed by atoms with Gasteiger partial charge in [-0.05, 0) is 48.8 Å². The second kappa shape index (κ2) is 10.1. The Morgan fingerprint density at radius 1 is 1.14 bits per heavy atom. The molecule has 1 aromatic carbocycles. The number of rotatable bonds is 8. The van der Waals surface area contributed by atoms with Crippen molar-refractivity contribution in [2.45, 2.75) is 31.5 Å². The third kappa shape index (κ3) is 4.45. The summed E-state index contributed by atoms with van der Waals surface area (Å²) < 4.78 is 34.3. The van der Waals surface area contributed by atoms with E-state index in [1.165, 1.54) is 16.7 Å². The Morgan fingerprint density at radius 3 is 2.64 bits per heavy atom. The highest BCUT2D eigenvalue weighted by Gasteiger charge is 2.26. The summed E-state index contributed by atoms with van der Waals surface area (Å²) in [7, 11) is 0. The number of likely N-dealkylation sites (tertiary alicyclic amines) is 1. The summed E-state index contributed by atoms with van der Waals surface area (Å²) in [5.74, 6) is 0.947. The van der Waals surface area contributed by atoms with Crippen molar-refractivity contribution in [2.24, 2.45) is 4.99 Å². The summed E-state index contributed by atoms with van der Waals surface area (Å²) in [4.78, 5) is 46.6. The van der Waals surface area contributed by atoms with Crippen molar-refractivity contribution in [2.75, 3.05) is 39.5 Å². The number of hydrogen-bond acceptors (Lipinski definition) is 6. The molecule has 0 atom stereocenters. The van der Waals surface area contributed by atoms with Gasteiger partial charge in [-0.1, -0.05) is 0 Å². The van der Waals surface area contributed by atoms with Crippen molar-refractivity contribution < 1.29 is 18.3 Å². The van der Waals surface area contributed by atoms with Crippen molar-refractivity contribution in [1.82, 2.24) is 18.9 Å². The van der Waals surface area contributed by atoms with Gasteiger partial charge in [0.1, 0.15) is 24.9 Å². The number of nitrogens with zero attached hydrogens (tertiary/aromatic N) is 5. The minimum atomic E-state index is -1.27. The maximum absolute atomic E-state index is 13.7. The molecule has 1 aromatic heterocycles. The normalized spacial score (nSPS) is 18.0. The fourth-order valence-corrected chi connectivity index (χ4v) is 4.91. The number of amidine groups is 1. The molecule has 0 radical (unpaired) electrons. The summed E-state index contributed by atoms with van der Waals surface area (Å²) in [5, 5.41) is 0.224. The van der Waals surface area contributed by atoms with Gasteiger partial charge in [0.15, 0.2) is 6.10 Å². The lowest BCUT2D eigenvalue weighted by atomic mass is 10.0. The van der Waals surface area contributed by atoms with E-state index in [1.54, 1.807) is 15.5 Å². The highest BCUT2D eigenvalue weighted by molar-refractivity contribution is 5.96. The van der Waals surface area contributed by atoms with Gasteiger partial charge in [-0.15, -0.1) is 0 Å². The zero-order chi connectivity index (χ0) is 25.2. The average molecular weight is 500 g/mol. The first-order chi connectivity index (χ1) is 17.5. The lowest BCUT2D eigenvalue weighted by Gasteiger charge is -2.31. The fourth-order valence-electron chi connectivity index (χ4n) is 4.91. The van der Waals surface area contributed by atoms with E-state index in [0.29, 0.717) is 38.0 Å². The van der Waals surface area contributed by atoms with Crippen molar-refractivity contribution in [3.8, 4) is 5.75 Å². The van der Waals surface area contributed by atoms with E-state index >= 15 is 0 Å². The number of fused-ring (bicyclic) bond motifs is 2. The van der Waals surface area contributed by atoms with Gasteiger partial charge in [-0.3, -0.25) is 23.7 Å². The van der Waals surface area contributed by atoms with Gasteiger partial charge in [-0.25, -0.2) is 13.6 Å². The van der Waals surface area contributed by atoms with E-state index in [9.17, 15) is 23.2 Å². The summed E-state index contributed by atoms with van der Waals surface area (Å²) in [5.41, 5.74) is 0.232. The number of piperidine rings is 1. The van der Waals surface area contributed by atoms with Crippen LogP contribution in [0.25, 0.3) is 10.9 Å². The number of aliphatic imine (C=N–C) groups is 1. The third-order valence-electron chi connectivity index (χ3n) is 6.83. The number of halogens is 2. The molecule has 0 aliphatic carbocycles. The molecule has 4 heterocycles. The quantitative estimate of drug-likeness (QED) is 0.517. The van der Waals surface area contributed by atoms with Gasteiger partial charge in [0, 0.05) is 31.9 Å². The molecule has 0 bridgehead atoms. The molecule has 0 N–H and O–H groups in total. The lowest BCUT2D eigenvalue weighted by molar-refractivity contribution is -0.119. The van der Waals surface area contributed by atoms with Crippen LogP contribution in [0.4, 0.5) is 8.78 Å². The Labute approximate surface area is 205 Å². The van der Waals surface area contributed by atoms with Gasteiger partial charge < -0.3 is 14.5 Å². The van der Waals surface area contributed by atoms with Gasteiger partial charge >= 0.3 is 5.69 Å². The van der Waals surface area contributed by atoms with Gasteiger partial charge in [0.05, 0.1) is 24.0 Å². The van der Waals surface area contributed by atoms with Crippen LogP contribution in [0, 0.1) is 0 Å². The second-order valence-electron chi connectivity index (χ2n) is 9.11. The highest BCUT2D eigenvalue weighted by atomic mass is 19.1. The number of aromatic nitrogens is 2. The molecule has 11 heteroatoms. The number of allylic oxidation sites excluding steroid dienone is 2. The Hall–Kier alpha value is -3.76. The van der Waals surface area contributed by atoms with Crippen molar-refractivity contribution in [3.63, 3.8) is 0 Å². The monoisotopic (exact) mass is 499 g/mol. The molecule has 3 aliphatic heterocycles. The molecule has 190 valence electrons. The topological polar surface area (TPSA) is 89.1 Å². The van der Waals surface area contributed by atoms with Gasteiger partial charge in [0.2, 0.25) is 6.41 Å². The molecule has 1 fully saturated rings. The minimum absolute atomic E-state index is 0.0484. The molecule has 0 spiro atoms. The number of carbonyl (C=O) groups excluding carboxylic acids is 1. The van der Waals surface area contributed by atoms with Crippen molar-refractivity contribution in [1.29, 1.82) is 0 Å². The smallest absolute Gasteiger partial charge is 0.332 e. The van der Waals surface area contributed by atoms with Crippen LogP contribution in [0.3, 0.4) is 0 Å². The van der Waals surface area contributed by atoms with Crippen molar-refractivity contribution in [3.05, 3.63) is 63.0 Å². The van der Waals surface area contributed by atoms with E-state index in [4.69, 9.17) is 4.74 Å². The number of carbonyl (C=O) groups is 1. The van der Waals surface area contributed by atoms with Crippen LogP contribution in [-0.4, -0.2) is 76.8 Å². The van der Waals surface area contributed by atoms with Crippen LogP contribution < -0.4 is 16.0 Å². The van der Waals surface area contributed by atoms with E-state index in [0.717, 1.165) is 24.4 Å². The molecule has 1 amide bonds. The molecule has 2 aromatic rings. The van der Waals surface area contributed by atoms with Gasteiger partial charge in [0.25, 0.3) is 5.56 Å². The Balaban J connectivity index is 1.60. The Kier molecular flexibility index (Phi) is 6.71. The van der Waals surface area contributed by atoms with Crippen LogP contribution >= 0.6 is 0 Å². The number of hydrogen-bond donors (Lipinski definition) is 0. The Bertz CT molecular complexity index is 1370. The molecule has 5 rings (SSSR count). The summed E-state index contributed by atoms with van der Waals surface area (Å²) >= 11 is 0. The van der Waals surface area contributed by atoms with E-state index in [-0.39, 0.29) is 23.7 Å². The second-order valence-corrected chi connectivity index (χ2v) is 9.11. The highest BCUT2D eigenvalue weighted by Crippen LogP contribution is 2.26. The van der Waals surface area contributed by atoms with E-state index in [1.807, 2.05) is 23.3 Å². The zero-order valence-electron chi connectivity index (χ0n) is 19.7. The summed E-state index contributed by atoms with van der Waals surface area (Å²) in [6.45, 7) is 0.518. The first-order valence-electron chi connectivity index (χ1n) is 12.0. The first kappa shape index (κ1) is 24.0. The Morgan fingerprint density at radius 2 is 1.92 bits per heavy atom. The van der Waals surface area contributed by atoms with Crippen molar-refractivity contribution >= 4 is 23.1 Å². The SMILES string of the molecule is O=CN1CCC(n2c(=O)n(CC3=CC4=NCCN4C=C3)c(=O)c3cc(OC(CF)CF)ccc32)CC1. The fraction of sp³-hybridized carbons (Fsp3) is 0.440. The lowest BCUT2D eigenvalue weighted by Crippen LogP contribution is -2.44. The van der Waals surface area contributed by atoms with Crippen LogP contribution in [0.2, 0.25) is 0 Å². The molecule has 3 aliphatic rings. The minimum Gasteiger partial charge on any atom is -0.485 e. The molecule has 0 saturated carbocycles. The maximum Gasteiger partial charge on any atom is 0.332 e. The van der Waals surface area contributed by atoms with Crippen LogP contribution in [0.5, 0.6) is 5.75 Å². The summed E-state index contributed by atoms with van der Waals surface area (Å²) in [6.07, 6.45) is 6.26. The van der Waals surface area contributed by atoms with E-state index < -0.39 is 30.7 Å². The van der Waals surface area contributed by atoms with E-state index in [2.05, 4.69) is 4.99 Å². The van der Waals surface area contributed by atoms with Crippen LogP contribution in [0.15, 0.2) is 56.7 Å². The molecular formula is C25H27F2N5O4. The molecule has 0 unspecified atom stereocenters. The standard InChI is InChI=1S/C25H27F2N5O4/c26-13-20(14-27)36-19-1-2-22-21(12-19)24(34)31(15-17-3-9-30-10-6-28-23(30)11-17)25(35)32(22)18-4-7-29(16-33)8-5-18/h1-3,9,11-12,16,18,20H,4-8,10,13-15H2. The molecule has 1 saturated heterocycles. The average Bonchev–Trinajstić information content (AvgIpc) is 3.38. The largest absolute Gasteiger partial charge is 0.485 e. The van der Waals surface area contributed by atoms with Crippen LogP contribution in [0.1, 0.15) is 18.9 Å². The number of ether oxygens (including phenoxy) is 1. The van der Waals surface area contributed by atoms with Crippen LogP contribution in [-0.2, 0) is 11.3 Å². The third-order valence-corrected chi connectivity index (χ3v) is 6.83.